The molecule has 1 heterocycles. The number of hydrogen-bond acceptors (Lipinski definition) is 3. The van der Waals surface area contributed by atoms with Crippen molar-refractivity contribution < 1.29 is 9.05 Å². The van der Waals surface area contributed by atoms with Crippen molar-refractivity contribution in [1.82, 2.24) is 4.67 Å². The van der Waals surface area contributed by atoms with E-state index in [9.17, 15) is 0 Å². The van der Waals surface area contributed by atoms with Gasteiger partial charge in [-0.1, -0.05) is 121 Å². The predicted molar refractivity (Wildman–Crippen MR) is 165 cm³/mol. The van der Waals surface area contributed by atoms with Gasteiger partial charge in [-0.25, -0.2) is 4.67 Å². The Morgan fingerprint density at radius 1 is 0.700 bits per heavy atom. The molecule has 0 spiro atoms. The van der Waals surface area contributed by atoms with Gasteiger partial charge < -0.3 is 9.05 Å². The third-order valence-electron chi connectivity index (χ3n) is 8.22. The van der Waals surface area contributed by atoms with Crippen molar-refractivity contribution >= 4 is 30.9 Å². The van der Waals surface area contributed by atoms with Crippen LogP contribution in [-0.4, -0.2) is 10.8 Å². The number of rotatable bonds is 5. The summed E-state index contributed by atoms with van der Waals surface area (Å²) in [5.74, 6) is 0.893. The quantitative estimate of drug-likeness (QED) is 0.210. The van der Waals surface area contributed by atoms with E-state index in [1.807, 2.05) is 0 Å². The maximum atomic E-state index is 7.15. The maximum Gasteiger partial charge on any atom is 0.322 e. The fraction of sp³-hybridized carbons (Fsp3) is 0.167. The molecule has 1 unspecified atom stereocenters. The fourth-order valence-corrected chi connectivity index (χ4v) is 7.95. The van der Waals surface area contributed by atoms with Crippen LogP contribution in [0, 0.1) is 0 Å². The lowest BCUT2D eigenvalue weighted by Crippen LogP contribution is -2.36. The van der Waals surface area contributed by atoms with E-state index in [1.54, 1.807) is 0 Å². The summed E-state index contributed by atoms with van der Waals surface area (Å²) in [4.78, 5) is 0. The number of benzene rings is 5. The lowest BCUT2D eigenvalue weighted by molar-refractivity contribution is 0.187. The predicted octanol–water partition coefficient (Wildman–Crippen LogP) is 8.05. The van der Waals surface area contributed by atoms with E-state index in [2.05, 4.69) is 146 Å². The lowest BCUT2D eigenvalue weighted by atomic mass is 9.88. The Hall–Kier alpha value is -3.75. The van der Waals surface area contributed by atoms with E-state index in [0.717, 1.165) is 17.7 Å². The van der Waals surface area contributed by atoms with Gasteiger partial charge in [-0.2, -0.15) is 0 Å². The van der Waals surface area contributed by atoms with E-state index >= 15 is 0 Å². The molecule has 2 aliphatic rings. The van der Waals surface area contributed by atoms with Crippen LogP contribution in [-0.2, 0) is 4.52 Å². The van der Waals surface area contributed by atoms with Gasteiger partial charge in [-0.15, -0.1) is 0 Å². The van der Waals surface area contributed by atoms with Crippen molar-refractivity contribution in [3.05, 3.63) is 148 Å². The Labute approximate surface area is 237 Å². The Balaban J connectivity index is 1.44. The van der Waals surface area contributed by atoms with Crippen LogP contribution in [0.1, 0.15) is 49.0 Å². The Bertz CT molecular complexity index is 1740. The second-order valence-electron chi connectivity index (χ2n) is 10.6. The molecule has 0 saturated heterocycles. The van der Waals surface area contributed by atoms with E-state index < -0.39 is 8.53 Å². The van der Waals surface area contributed by atoms with Crippen LogP contribution in [0.5, 0.6) is 5.75 Å². The molecule has 198 valence electrons. The van der Waals surface area contributed by atoms with Crippen LogP contribution in [0.4, 0.5) is 0 Å². The van der Waals surface area contributed by atoms with Crippen LogP contribution in [0.2, 0.25) is 0 Å². The van der Waals surface area contributed by atoms with Crippen molar-refractivity contribution in [2.24, 2.45) is 0 Å². The first kappa shape index (κ1) is 25.2. The summed E-state index contributed by atoms with van der Waals surface area (Å²) < 4.78 is 16.7. The van der Waals surface area contributed by atoms with Crippen molar-refractivity contribution in [1.29, 1.82) is 0 Å². The minimum absolute atomic E-state index is 0.0767. The van der Waals surface area contributed by atoms with Gasteiger partial charge in [0.25, 0.3) is 0 Å². The van der Waals surface area contributed by atoms with E-state index in [1.165, 1.54) is 37.9 Å². The SMILES string of the molecule is C[C@@H](c1ccccc1)N([C@@H](C)c1ccccc1)P1Oc2ccc3ccccc3c2C2=c3ccccc3=CC[C@H]2O1. The molecule has 1 aliphatic heterocycles. The molecule has 0 N–H and O–H groups in total. The molecule has 0 fully saturated rings. The highest BCUT2D eigenvalue weighted by Crippen LogP contribution is 2.58. The first-order valence-electron chi connectivity index (χ1n) is 14.0. The summed E-state index contributed by atoms with van der Waals surface area (Å²) in [6, 6.07) is 43.2. The maximum absolute atomic E-state index is 7.15. The molecule has 0 amide bonds. The van der Waals surface area contributed by atoms with Crippen molar-refractivity contribution in [2.45, 2.75) is 38.5 Å². The third kappa shape index (κ3) is 4.45. The van der Waals surface area contributed by atoms with Crippen molar-refractivity contribution in [2.75, 3.05) is 0 Å². The number of hydrogen-bond donors (Lipinski definition) is 0. The van der Waals surface area contributed by atoms with Crippen LogP contribution in [0.3, 0.4) is 0 Å². The average molecular weight is 542 g/mol. The fourth-order valence-electron chi connectivity index (χ4n) is 6.15. The largest absolute Gasteiger partial charge is 0.435 e. The third-order valence-corrected chi connectivity index (χ3v) is 10.1. The standard InChI is InChI=1S/C36H32NO2P/c1-25(27-13-5-3-6-14-27)37(26(2)28-15-7-4-8-16-28)40-38-33-23-21-29-17-9-11-19-31(29)35(33)36-32-20-12-10-18-30(32)22-24-34(36)39-40/h3-23,25-26,34H,24H2,1-2H3/t25-,26-,34+,40?/m0/s1. The molecule has 4 atom stereocenters. The molecule has 4 heteroatoms. The molecule has 0 saturated carbocycles. The zero-order valence-electron chi connectivity index (χ0n) is 22.8. The van der Waals surface area contributed by atoms with Gasteiger partial charge in [0.05, 0.1) is 6.10 Å². The molecular weight excluding hydrogens is 509 g/mol. The summed E-state index contributed by atoms with van der Waals surface area (Å²) in [5, 5.41) is 4.91. The molecule has 5 aromatic carbocycles. The molecule has 0 radical (unpaired) electrons. The topological polar surface area (TPSA) is 21.7 Å². The van der Waals surface area contributed by atoms with Gasteiger partial charge in [0, 0.05) is 23.2 Å². The highest BCUT2D eigenvalue weighted by molar-refractivity contribution is 7.45. The number of fused-ring (bicyclic) bond motifs is 6. The zero-order valence-corrected chi connectivity index (χ0v) is 23.7. The van der Waals surface area contributed by atoms with Crippen LogP contribution in [0.15, 0.2) is 121 Å². The van der Waals surface area contributed by atoms with Crippen molar-refractivity contribution in [3.63, 3.8) is 0 Å². The molecule has 0 aromatic heterocycles. The van der Waals surface area contributed by atoms with Gasteiger partial charge in [0.2, 0.25) is 0 Å². The van der Waals surface area contributed by atoms with Crippen LogP contribution >= 0.6 is 8.53 Å². The summed E-state index contributed by atoms with van der Waals surface area (Å²) in [7, 11) is -1.47. The average Bonchev–Trinajstić information content (AvgIpc) is 3.19. The molecule has 0 bridgehead atoms. The second kappa shape index (κ2) is 10.7. The minimum atomic E-state index is -1.47. The summed E-state index contributed by atoms with van der Waals surface area (Å²) in [6.07, 6.45) is 3.02. The summed E-state index contributed by atoms with van der Waals surface area (Å²) >= 11 is 0. The van der Waals surface area contributed by atoms with Gasteiger partial charge in [0.15, 0.2) is 0 Å². The van der Waals surface area contributed by atoms with Gasteiger partial charge in [0.1, 0.15) is 5.75 Å². The van der Waals surface area contributed by atoms with Crippen LogP contribution in [0.25, 0.3) is 22.4 Å². The number of nitrogens with zero attached hydrogens (tertiary/aromatic N) is 1. The van der Waals surface area contributed by atoms with Gasteiger partial charge >= 0.3 is 8.53 Å². The zero-order chi connectivity index (χ0) is 27.1. The summed E-state index contributed by atoms with van der Waals surface area (Å²) in [6.45, 7) is 4.53. The first-order chi connectivity index (χ1) is 19.7. The Morgan fingerprint density at radius 2 is 1.32 bits per heavy atom. The summed E-state index contributed by atoms with van der Waals surface area (Å²) in [5.41, 5.74) is 4.88. The van der Waals surface area contributed by atoms with Gasteiger partial charge in [-0.05, 0) is 58.7 Å². The van der Waals surface area contributed by atoms with Crippen molar-refractivity contribution in [3.8, 4) is 5.75 Å². The molecule has 40 heavy (non-hydrogen) atoms. The lowest BCUT2D eigenvalue weighted by Gasteiger charge is -2.39. The minimum Gasteiger partial charge on any atom is -0.435 e. The molecular formula is C36H32NO2P. The second-order valence-corrected chi connectivity index (χ2v) is 11.9. The Morgan fingerprint density at radius 3 is 2.05 bits per heavy atom. The van der Waals surface area contributed by atoms with E-state index in [0.29, 0.717) is 0 Å². The molecule has 7 rings (SSSR count). The smallest absolute Gasteiger partial charge is 0.322 e. The van der Waals surface area contributed by atoms with Gasteiger partial charge in [-0.3, -0.25) is 0 Å². The Kier molecular flexibility index (Phi) is 6.73. The highest BCUT2D eigenvalue weighted by atomic mass is 31.2. The monoisotopic (exact) mass is 541 g/mol. The highest BCUT2D eigenvalue weighted by Gasteiger charge is 2.40. The molecule has 3 nitrogen and oxygen atoms in total. The first-order valence-corrected chi connectivity index (χ1v) is 15.2. The molecule has 1 aliphatic carbocycles. The van der Waals surface area contributed by atoms with E-state index in [4.69, 9.17) is 9.05 Å². The van der Waals surface area contributed by atoms with E-state index in [-0.39, 0.29) is 18.2 Å². The molecule has 5 aromatic rings. The van der Waals surface area contributed by atoms with Crippen LogP contribution < -0.4 is 15.0 Å². The normalized spacial score (nSPS) is 19.4.